The van der Waals surface area contributed by atoms with Gasteiger partial charge in [0, 0.05) is 29.5 Å². The average molecular weight is 418 g/mol. The molecule has 5 rings (SSSR count). The Kier molecular flexibility index (Phi) is 4.99. The number of aliphatic hydroxyl groups is 1. The molecule has 0 spiro atoms. The SMILES string of the molecule is O=C(c1ccc(F)cc1)N1CC(=O)N2[C@@H](CO)[C@@H](c3ccc(C#CC4CC4)cc3)[C@@H]2C1. The predicted molar refractivity (Wildman–Crippen MR) is 113 cm³/mol. The summed E-state index contributed by atoms with van der Waals surface area (Å²) in [6, 6.07) is 12.9. The third-order valence-corrected chi connectivity index (χ3v) is 6.42. The normalized spacial score (nSPS) is 24.7. The molecule has 5 nitrogen and oxygen atoms in total. The smallest absolute Gasteiger partial charge is 0.254 e. The van der Waals surface area contributed by atoms with Crippen LogP contribution in [0.15, 0.2) is 48.5 Å². The largest absolute Gasteiger partial charge is 0.394 e. The summed E-state index contributed by atoms with van der Waals surface area (Å²) < 4.78 is 13.2. The molecule has 2 aromatic rings. The van der Waals surface area contributed by atoms with Crippen LogP contribution < -0.4 is 0 Å². The molecular formula is C25H23FN2O3. The summed E-state index contributed by atoms with van der Waals surface area (Å²) in [6.07, 6.45) is 2.37. The van der Waals surface area contributed by atoms with Crippen LogP contribution in [-0.4, -0.2) is 58.5 Å². The molecule has 0 radical (unpaired) electrons. The van der Waals surface area contributed by atoms with Crippen LogP contribution in [0.3, 0.4) is 0 Å². The van der Waals surface area contributed by atoms with Gasteiger partial charge in [-0.15, -0.1) is 0 Å². The molecule has 0 aromatic heterocycles. The van der Waals surface area contributed by atoms with Gasteiger partial charge in [-0.1, -0.05) is 24.0 Å². The van der Waals surface area contributed by atoms with E-state index >= 15 is 0 Å². The fourth-order valence-corrected chi connectivity index (χ4v) is 4.63. The number of rotatable bonds is 3. The number of hydrogen-bond acceptors (Lipinski definition) is 3. The lowest BCUT2D eigenvalue weighted by Crippen LogP contribution is -2.73. The average Bonchev–Trinajstić information content (AvgIpc) is 3.59. The molecule has 0 unspecified atom stereocenters. The lowest BCUT2D eigenvalue weighted by atomic mass is 9.73. The van der Waals surface area contributed by atoms with Crippen molar-refractivity contribution in [2.75, 3.05) is 19.7 Å². The topological polar surface area (TPSA) is 60.9 Å². The molecule has 3 aliphatic rings. The molecule has 6 heteroatoms. The highest BCUT2D eigenvalue weighted by Gasteiger charge is 2.54. The summed E-state index contributed by atoms with van der Waals surface area (Å²) in [5, 5.41) is 9.93. The molecule has 2 heterocycles. The predicted octanol–water partition coefficient (Wildman–Crippen LogP) is 2.40. The zero-order valence-electron chi connectivity index (χ0n) is 17.0. The van der Waals surface area contributed by atoms with Gasteiger partial charge in [-0.3, -0.25) is 9.59 Å². The van der Waals surface area contributed by atoms with Crippen molar-refractivity contribution in [2.45, 2.75) is 30.8 Å². The van der Waals surface area contributed by atoms with Gasteiger partial charge in [0.25, 0.3) is 5.91 Å². The van der Waals surface area contributed by atoms with Crippen LogP contribution in [0, 0.1) is 23.6 Å². The molecule has 1 N–H and O–H groups in total. The summed E-state index contributed by atoms with van der Waals surface area (Å²) in [6.45, 7) is 0.222. The van der Waals surface area contributed by atoms with Gasteiger partial charge >= 0.3 is 0 Å². The Morgan fingerprint density at radius 1 is 1.10 bits per heavy atom. The van der Waals surface area contributed by atoms with Gasteiger partial charge in [-0.2, -0.15) is 0 Å². The monoisotopic (exact) mass is 418 g/mol. The Balaban J connectivity index is 1.35. The molecule has 0 bridgehead atoms. The van der Waals surface area contributed by atoms with Gasteiger partial charge in [0.1, 0.15) is 12.4 Å². The number of piperazine rings is 1. The van der Waals surface area contributed by atoms with Crippen molar-refractivity contribution in [2.24, 2.45) is 5.92 Å². The quantitative estimate of drug-likeness (QED) is 0.779. The number of aliphatic hydroxyl groups excluding tert-OH is 1. The van der Waals surface area contributed by atoms with Crippen LogP contribution in [0.5, 0.6) is 0 Å². The standard InChI is InChI=1S/C25H23FN2O3/c26-20-11-9-19(10-12-20)25(31)27-13-21-24(22(15-29)28(21)23(30)14-27)18-7-5-17(6-8-18)4-3-16-1-2-16/h5-12,16,21-22,24,29H,1-2,13-15H2/t21-,22-,24-/m0/s1. The Morgan fingerprint density at radius 2 is 1.81 bits per heavy atom. The Labute approximate surface area is 180 Å². The van der Waals surface area contributed by atoms with E-state index in [1.807, 2.05) is 24.3 Å². The van der Waals surface area contributed by atoms with Gasteiger partial charge < -0.3 is 14.9 Å². The van der Waals surface area contributed by atoms with E-state index in [-0.39, 0.29) is 43.0 Å². The first-order chi connectivity index (χ1) is 15.0. The summed E-state index contributed by atoms with van der Waals surface area (Å²) >= 11 is 0. The molecular weight excluding hydrogens is 395 g/mol. The zero-order valence-corrected chi connectivity index (χ0v) is 17.0. The molecule has 2 aliphatic heterocycles. The Hall–Kier alpha value is -3.17. The fraction of sp³-hybridized carbons (Fsp3) is 0.360. The number of benzene rings is 2. The number of carbonyl (C=O) groups excluding carboxylic acids is 2. The molecule has 2 amide bonds. The first kappa shape index (κ1) is 19.8. The third-order valence-electron chi connectivity index (χ3n) is 6.42. The van der Waals surface area contributed by atoms with Crippen LogP contribution in [0.2, 0.25) is 0 Å². The Bertz CT molecular complexity index is 1070. The molecule has 2 saturated heterocycles. The number of halogens is 1. The maximum absolute atomic E-state index is 13.2. The second-order valence-electron chi connectivity index (χ2n) is 8.50. The van der Waals surface area contributed by atoms with E-state index in [1.54, 1.807) is 4.90 Å². The molecule has 31 heavy (non-hydrogen) atoms. The highest BCUT2D eigenvalue weighted by molar-refractivity contribution is 5.97. The van der Waals surface area contributed by atoms with Crippen LogP contribution in [0.4, 0.5) is 4.39 Å². The summed E-state index contributed by atoms with van der Waals surface area (Å²) in [5.41, 5.74) is 2.34. The first-order valence-corrected chi connectivity index (χ1v) is 10.6. The Morgan fingerprint density at radius 3 is 2.45 bits per heavy atom. The number of carbonyl (C=O) groups is 2. The van der Waals surface area contributed by atoms with Gasteiger partial charge in [0.15, 0.2) is 0 Å². The maximum atomic E-state index is 13.2. The van der Waals surface area contributed by atoms with Crippen molar-refractivity contribution >= 4 is 11.8 Å². The van der Waals surface area contributed by atoms with E-state index in [1.165, 1.54) is 42.0 Å². The van der Waals surface area contributed by atoms with E-state index in [2.05, 4.69) is 11.8 Å². The van der Waals surface area contributed by atoms with Gasteiger partial charge in [-0.25, -0.2) is 4.39 Å². The second kappa shape index (κ2) is 7.82. The van der Waals surface area contributed by atoms with Crippen LogP contribution >= 0.6 is 0 Å². The van der Waals surface area contributed by atoms with Crippen molar-refractivity contribution in [1.29, 1.82) is 0 Å². The van der Waals surface area contributed by atoms with Gasteiger partial charge in [0.05, 0.1) is 18.7 Å². The molecule has 3 fully saturated rings. The summed E-state index contributed by atoms with van der Waals surface area (Å²) in [4.78, 5) is 28.9. The highest BCUT2D eigenvalue weighted by Crippen LogP contribution is 2.43. The van der Waals surface area contributed by atoms with Crippen molar-refractivity contribution in [3.8, 4) is 11.8 Å². The number of fused-ring (bicyclic) bond motifs is 1. The fourth-order valence-electron chi connectivity index (χ4n) is 4.63. The molecule has 3 atom stereocenters. The highest BCUT2D eigenvalue weighted by atomic mass is 19.1. The minimum atomic E-state index is -0.410. The van der Waals surface area contributed by atoms with Gasteiger partial charge in [0.2, 0.25) is 5.91 Å². The third kappa shape index (κ3) is 3.70. The van der Waals surface area contributed by atoms with E-state index in [4.69, 9.17) is 0 Å². The van der Waals surface area contributed by atoms with Crippen LogP contribution in [-0.2, 0) is 4.79 Å². The van der Waals surface area contributed by atoms with Crippen molar-refractivity contribution in [1.82, 2.24) is 9.80 Å². The maximum Gasteiger partial charge on any atom is 0.254 e. The minimum Gasteiger partial charge on any atom is -0.394 e. The van der Waals surface area contributed by atoms with E-state index in [9.17, 15) is 19.1 Å². The molecule has 1 aliphatic carbocycles. The number of nitrogens with zero attached hydrogens (tertiary/aromatic N) is 2. The van der Waals surface area contributed by atoms with E-state index < -0.39 is 5.82 Å². The van der Waals surface area contributed by atoms with Crippen molar-refractivity contribution in [3.63, 3.8) is 0 Å². The lowest BCUT2D eigenvalue weighted by Gasteiger charge is -2.58. The summed E-state index contributed by atoms with van der Waals surface area (Å²) in [7, 11) is 0. The van der Waals surface area contributed by atoms with Crippen molar-refractivity contribution < 1.29 is 19.1 Å². The number of hydrogen-bond donors (Lipinski definition) is 1. The lowest BCUT2D eigenvalue weighted by molar-refractivity contribution is -0.159. The minimum absolute atomic E-state index is 0.0361. The van der Waals surface area contributed by atoms with E-state index in [0.717, 1.165) is 11.1 Å². The number of amides is 2. The second-order valence-corrected chi connectivity index (χ2v) is 8.50. The van der Waals surface area contributed by atoms with Crippen LogP contribution in [0.1, 0.15) is 40.2 Å². The first-order valence-electron chi connectivity index (χ1n) is 10.6. The zero-order chi connectivity index (χ0) is 21.5. The van der Waals surface area contributed by atoms with Crippen molar-refractivity contribution in [3.05, 3.63) is 71.0 Å². The van der Waals surface area contributed by atoms with E-state index in [0.29, 0.717) is 18.0 Å². The molecule has 2 aromatic carbocycles. The summed E-state index contributed by atoms with van der Waals surface area (Å²) in [5.74, 6) is 6.06. The molecule has 158 valence electrons. The van der Waals surface area contributed by atoms with Gasteiger partial charge in [-0.05, 0) is 54.8 Å². The van der Waals surface area contributed by atoms with Crippen LogP contribution in [0.25, 0.3) is 0 Å². The molecule has 1 saturated carbocycles.